The number of aryl methyl sites for hydroxylation is 1. The van der Waals surface area contributed by atoms with Crippen LogP contribution in [0.1, 0.15) is 37.7 Å². The number of fused-ring (bicyclic) bond motifs is 4. The van der Waals surface area contributed by atoms with E-state index in [0.717, 1.165) is 30.7 Å². The molecule has 1 aromatic carbocycles. The van der Waals surface area contributed by atoms with Gasteiger partial charge >= 0.3 is 0 Å². The Labute approximate surface area is 155 Å². The topological polar surface area (TPSA) is 49.9 Å². The van der Waals surface area contributed by atoms with Crippen LogP contribution in [0.15, 0.2) is 24.3 Å². The van der Waals surface area contributed by atoms with Crippen molar-refractivity contribution in [1.29, 1.82) is 0 Å². The zero-order valence-corrected chi connectivity index (χ0v) is 15.5. The van der Waals surface area contributed by atoms with Gasteiger partial charge in [0.1, 0.15) is 5.75 Å². The average Bonchev–Trinajstić information content (AvgIpc) is 2.89. The van der Waals surface area contributed by atoms with Crippen molar-refractivity contribution in [2.75, 3.05) is 26.2 Å². The van der Waals surface area contributed by atoms with Crippen molar-refractivity contribution in [3.8, 4) is 5.75 Å². The molecule has 4 aliphatic rings. The third-order valence-corrected chi connectivity index (χ3v) is 6.27. The van der Waals surface area contributed by atoms with Gasteiger partial charge in [-0.05, 0) is 50.2 Å². The normalized spacial score (nSPS) is 25.8. The van der Waals surface area contributed by atoms with Crippen LogP contribution in [0.5, 0.6) is 5.75 Å². The van der Waals surface area contributed by atoms with Crippen LogP contribution in [0.4, 0.5) is 0 Å². The van der Waals surface area contributed by atoms with Crippen molar-refractivity contribution in [3.05, 3.63) is 29.8 Å². The molecule has 0 radical (unpaired) electrons. The van der Waals surface area contributed by atoms with E-state index in [1.165, 1.54) is 19.3 Å². The van der Waals surface area contributed by atoms with E-state index in [2.05, 4.69) is 4.90 Å². The van der Waals surface area contributed by atoms with Gasteiger partial charge in [0, 0.05) is 25.7 Å². The van der Waals surface area contributed by atoms with Crippen LogP contribution in [-0.4, -0.2) is 53.9 Å². The Morgan fingerprint density at radius 3 is 2.69 bits per heavy atom. The summed E-state index contributed by atoms with van der Waals surface area (Å²) < 4.78 is 5.74. The van der Waals surface area contributed by atoms with Gasteiger partial charge in [-0.2, -0.15) is 0 Å². The quantitative estimate of drug-likeness (QED) is 0.815. The van der Waals surface area contributed by atoms with Gasteiger partial charge in [-0.15, -0.1) is 0 Å². The Balaban J connectivity index is 1.39. The lowest BCUT2D eigenvalue weighted by Gasteiger charge is -2.40. The SMILES string of the molecule is Cc1ccccc1OCC(=O)N1C[C@@H]2CC[C@H](C1)N(CC1CCC1)C2=O. The lowest BCUT2D eigenvalue weighted by atomic mass is 9.83. The highest BCUT2D eigenvalue weighted by atomic mass is 16.5. The first-order valence-electron chi connectivity index (χ1n) is 9.88. The van der Waals surface area contributed by atoms with Gasteiger partial charge < -0.3 is 14.5 Å². The van der Waals surface area contributed by atoms with Gasteiger partial charge in [0.05, 0.1) is 5.92 Å². The summed E-state index contributed by atoms with van der Waals surface area (Å²) in [7, 11) is 0. The molecule has 0 aromatic heterocycles. The second-order valence-corrected chi connectivity index (χ2v) is 8.07. The Kier molecular flexibility index (Phi) is 4.88. The van der Waals surface area contributed by atoms with Crippen LogP contribution < -0.4 is 4.74 Å². The molecule has 0 spiro atoms. The smallest absolute Gasteiger partial charge is 0.260 e. The molecule has 5 heteroatoms. The number of hydrogen-bond acceptors (Lipinski definition) is 3. The predicted molar refractivity (Wildman–Crippen MR) is 98.8 cm³/mol. The van der Waals surface area contributed by atoms with Crippen LogP contribution in [0.2, 0.25) is 0 Å². The number of amides is 2. The van der Waals surface area contributed by atoms with Crippen LogP contribution >= 0.6 is 0 Å². The van der Waals surface area contributed by atoms with Crippen LogP contribution in [0.25, 0.3) is 0 Å². The van der Waals surface area contributed by atoms with E-state index >= 15 is 0 Å². The van der Waals surface area contributed by atoms with E-state index < -0.39 is 0 Å². The minimum atomic E-state index is -0.0313. The Hall–Kier alpha value is -2.04. The van der Waals surface area contributed by atoms with E-state index in [1.54, 1.807) is 0 Å². The largest absolute Gasteiger partial charge is 0.484 e. The lowest BCUT2D eigenvalue weighted by Crippen LogP contribution is -2.50. The fourth-order valence-corrected chi connectivity index (χ4v) is 4.39. The molecule has 5 rings (SSSR count). The zero-order valence-electron chi connectivity index (χ0n) is 15.5. The Morgan fingerprint density at radius 1 is 1.15 bits per heavy atom. The minimum absolute atomic E-state index is 0.0107. The first kappa shape index (κ1) is 17.4. The maximum atomic E-state index is 12.8. The summed E-state index contributed by atoms with van der Waals surface area (Å²) in [5, 5.41) is 0. The highest BCUT2D eigenvalue weighted by Crippen LogP contribution is 2.34. The molecular formula is C21H28N2O3. The van der Waals surface area contributed by atoms with E-state index in [0.29, 0.717) is 19.0 Å². The molecule has 0 N–H and O–H groups in total. The van der Waals surface area contributed by atoms with Crippen molar-refractivity contribution in [2.24, 2.45) is 11.8 Å². The molecule has 140 valence electrons. The molecule has 2 amide bonds. The van der Waals surface area contributed by atoms with Crippen LogP contribution in [-0.2, 0) is 9.59 Å². The molecule has 2 bridgehead atoms. The zero-order chi connectivity index (χ0) is 18.1. The molecule has 4 fully saturated rings. The first-order chi connectivity index (χ1) is 12.6. The fraction of sp³-hybridized carbons (Fsp3) is 0.619. The molecule has 3 saturated heterocycles. The van der Waals surface area contributed by atoms with Crippen molar-refractivity contribution in [2.45, 2.75) is 45.1 Å². The summed E-state index contributed by atoms with van der Waals surface area (Å²) in [5.41, 5.74) is 1.03. The van der Waals surface area contributed by atoms with Crippen LogP contribution in [0, 0.1) is 18.8 Å². The molecule has 1 saturated carbocycles. The Bertz CT molecular complexity index is 686. The van der Waals surface area contributed by atoms with E-state index in [4.69, 9.17) is 4.74 Å². The lowest BCUT2D eigenvalue weighted by molar-refractivity contribution is -0.141. The summed E-state index contributed by atoms with van der Waals surface area (Å²) in [4.78, 5) is 29.5. The second kappa shape index (κ2) is 7.29. The van der Waals surface area contributed by atoms with Crippen molar-refractivity contribution < 1.29 is 14.3 Å². The van der Waals surface area contributed by atoms with Crippen molar-refractivity contribution >= 4 is 11.8 Å². The van der Waals surface area contributed by atoms with E-state index in [1.807, 2.05) is 36.1 Å². The highest BCUT2D eigenvalue weighted by Gasteiger charge is 2.42. The number of carbonyl (C=O) groups is 2. The summed E-state index contributed by atoms with van der Waals surface area (Å²) >= 11 is 0. The fourth-order valence-electron chi connectivity index (χ4n) is 4.39. The molecule has 5 nitrogen and oxygen atoms in total. The molecule has 3 aliphatic heterocycles. The third-order valence-electron chi connectivity index (χ3n) is 6.27. The van der Waals surface area contributed by atoms with Gasteiger partial charge in [0.25, 0.3) is 5.91 Å². The predicted octanol–water partition coefficient (Wildman–Crippen LogP) is 2.62. The van der Waals surface area contributed by atoms with Gasteiger partial charge in [-0.25, -0.2) is 0 Å². The number of nitrogens with zero attached hydrogens (tertiary/aromatic N) is 2. The maximum Gasteiger partial charge on any atom is 0.260 e. The number of rotatable bonds is 5. The van der Waals surface area contributed by atoms with Gasteiger partial charge in [-0.3, -0.25) is 9.59 Å². The molecular weight excluding hydrogens is 328 g/mol. The van der Waals surface area contributed by atoms with Gasteiger partial charge in [-0.1, -0.05) is 24.6 Å². The highest BCUT2D eigenvalue weighted by molar-refractivity contribution is 5.83. The molecule has 1 aliphatic carbocycles. The van der Waals surface area contributed by atoms with Crippen LogP contribution in [0.3, 0.4) is 0 Å². The maximum absolute atomic E-state index is 12.8. The summed E-state index contributed by atoms with van der Waals surface area (Å²) in [5.74, 6) is 1.65. The molecule has 1 aromatic rings. The average molecular weight is 356 g/mol. The standard InChI is InChI=1S/C21H28N2O3/c1-15-5-2-3-8-19(15)26-14-20(24)22-12-17-9-10-18(13-22)23(21(17)25)11-16-6-4-7-16/h2-3,5,8,16-18H,4,6-7,9-14H2,1H3/t17-,18+/m0/s1. The summed E-state index contributed by atoms with van der Waals surface area (Å²) in [6.45, 7) is 4.11. The van der Waals surface area contributed by atoms with E-state index in [9.17, 15) is 9.59 Å². The molecule has 0 unspecified atom stereocenters. The minimum Gasteiger partial charge on any atom is -0.484 e. The van der Waals surface area contributed by atoms with Crippen molar-refractivity contribution in [1.82, 2.24) is 9.80 Å². The second-order valence-electron chi connectivity index (χ2n) is 8.07. The molecule has 3 heterocycles. The monoisotopic (exact) mass is 356 g/mol. The number of hydrogen-bond donors (Lipinski definition) is 0. The molecule has 26 heavy (non-hydrogen) atoms. The number of para-hydroxylation sites is 1. The van der Waals surface area contributed by atoms with Crippen molar-refractivity contribution in [3.63, 3.8) is 0 Å². The third kappa shape index (κ3) is 3.44. The number of ether oxygens (including phenoxy) is 1. The van der Waals surface area contributed by atoms with E-state index in [-0.39, 0.29) is 30.4 Å². The Morgan fingerprint density at radius 2 is 1.96 bits per heavy atom. The number of benzene rings is 1. The summed E-state index contributed by atoms with van der Waals surface area (Å²) in [6.07, 6.45) is 5.71. The summed E-state index contributed by atoms with van der Waals surface area (Å²) in [6, 6.07) is 7.92. The number of carbonyl (C=O) groups excluding carboxylic acids is 2. The van der Waals surface area contributed by atoms with Gasteiger partial charge in [0.15, 0.2) is 6.61 Å². The van der Waals surface area contributed by atoms with Gasteiger partial charge in [0.2, 0.25) is 5.91 Å². The first-order valence-corrected chi connectivity index (χ1v) is 9.88. The molecule has 2 atom stereocenters. The number of piperidine rings is 1.